The highest BCUT2D eigenvalue weighted by Gasteiger charge is 2.30. The third-order valence-corrected chi connectivity index (χ3v) is 5.03. The molecule has 0 aliphatic carbocycles. The Labute approximate surface area is 147 Å². The van der Waals surface area contributed by atoms with Gasteiger partial charge in [-0.15, -0.1) is 0 Å². The maximum Gasteiger partial charge on any atom is 0.167 e. The zero-order valence-electron chi connectivity index (χ0n) is 15.0. The van der Waals surface area contributed by atoms with E-state index < -0.39 is 0 Å². The van der Waals surface area contributed by atoms with E-state index in [0.29, 0.717) is 0 Å². The van der Waals surface area contributed by atoms with Crippen LogP contribution in [0.4, 0.5) is 0 Å². The third-order valence-electron chi connectivity index (χ3n) is 5.03. The summed E-state index contributed by atoms with van der Waals surface area (Å²) in [5, 5.41) is 14.9. The first-order chi connectivity index (χ1) is 12.1. The van der Waals surface area contributed by atoms with Gasteiger partial charge in [-0.3, -0.25) is 15.1 Å². The van der Waals surface area contributed by atoms with Gasteiger partial charge in [0.1, 0.15) is 5.82 Å². The van der Waals surface area contributed by atoms with Crippen LogP contribution in [0.25, 0.3) is 11.3 Å². The molecule has 3 aromatic rings. The van der Waals surface area contributed by atoms with Crippen molar-refractivity contribution in [3.63, 3.8) is 0 Å². The summed E-state index contributed by atoms with van der Waals surface area (Å²) in [5.74, 6) is 1.79. The summed E-state index contributed by atoms with van der Waals surface area (Å²) in [6.07, 6.45) is 4.23. The minimum absolute atomic E-state index is 0.284. The van der Waals surface area contributed by atoms with Crippen LogP contribution < -0.4 is 0 Å². The van der Waals surface area contributed by atoms with E-state index in [9.17, 15) is 0 Å². The fraction of sp³-hybridized carbons (Fsp3) is 0.421. The topological polar surface area (TPSA) is 73.5 Å². The molecule has 1 aliphatic heterocycles. The number of nitrogens with zero attached hydrogens (tertiary/aromatic N) is 4. The highest BCUT2D eigenvalue weighted by atomic mass is 15.3. The number of hydrogen-bond acceptors (Lipinski definition) is 4. The van der Waals surface area contributed by atoms with Crippen LogP contribution in [0.2, 0.25) is 0 Å². The van der Waals surface area contributed by atoms with Crippen molar-refractivity contribution < 1.29 is 0 Å². The number of hydrogen-bond donors (Lipinski definition) is 2. The molecule has 1 aliphatic rings. The number of aromatic amines is 2. The monoisotopic (exact) mass is 336 g/mol. The number of aromatic nitrogens is 5. The van der Waals surface area contributed by atoms with E-state index in [2.05, 4.69) is 62.3 Å². The van der Waals surface area contributed by atoms with E-state index in [1.165, 1.54) is 28.7 Å². The van der Waals surface area contributed by atoms with Crippen LogP contribution in [0.5, 0.6) is 0 Å². The van der Waals surface area contributed by atoms with Crippen LogP contribution in [0.15, 0.2) is 24.4 Å². The lowest BCUT2D eigenvalue weighted by Crippen LogP contribution is -2.23. The summed E-state index contributed by atoms with van der Waals surface area (Å²) in [7, 11) is 0. The molecule has 0 saturated carbocycles. The zero-order valence-corrected chi connectivity index (χ0v) is 15.0. The first kappa shape index (κ1) is 16.0. The fourth-order valence-corrected chi connectivity index (χ4v) is 3.70. The summed E-state index contributed by atoms with van der Waals surface area (Å²) >= 11 is 0. The molecule has 1 aromatic carbocycles. The van der Waals surface area contributed by atoms with Gasteiger partial charge in [0.2, 0.25) is 0 Å². The maximum absolute atomic E-state index is 4.55. The Balaban J connectivity index is 1.61. The van der Waals surface area contributed by atoms with Crippen molar-refractivity contribution in [3.05, 3.63) is 52.7 Å². The van der Waals surface area contributed by atoms with Crippen molar-refractivity contribution in [1.82, 2.24) is 30.3 Å². The molecule has 6 nitrogen and oxygen atoms in total. The normalized spacial score (nSPS) is 18.1. The van der Waals surface area contributed by atoms with Gasteiger partial charge in [-0.2, -0.15) is 10.2 Å². The third kappa shape index (κ3) is 3.09. The van der Waals surface area contributed by atoms with Crippen LogP contribution in [0.3, 0.4) is 0 Å². The minimum Gasteiger partial charge on any atom is -0.289 e. The van der Waals surface area contributed by atoms with Gasteiger partial charge >= 0.3 is 0 Å². The van der Waals surface area contributed by atoms with Crippen molar-refractivity contribution in [3.8, 4) is 11.3 Å². The molecule has 4 rings (SSSR count). The number of nitrogens with one attached hydrogen (secondary N) is 2. The molecule has 1 atom stereocenters. The average Bonchev–Trinajstić information content (AvgIpc) is 3.31. The summed E-state index contributed by atoms with van der Waals surface area (Å²) in [6, 6.07) is 6.83. The van der Waals surface area contributed by atoms with Gasteiger partial charge in [0.05, 0.1) is 17.9 Å². The Morgan fingerprint density at radius 2 is 2.08 bits per heavy atom. The SMILES string of the molecule is Cc1ccc(C)c(-c2[nH]ncc2CN2CCC[C@@H]2c2n[nH]c(C)n2)c1. The predicted octanol–water partition coefficient (Wildman–Crippen LogP) is 3.46. The van der Waals surface area contributed by atoms with Gasteiger partial charge in [0, 0.05) is 17.7 Å². The molecule has 0 bridgehead atoms. The van der Waals surface area contributed by atoms with Crippen molar-refractivity contribution in [2.75, 3.05) is 6.54 Å². The molecule has 1 fully saturated rings. The molecule has 0 radical (unpaired) electrons. The number of likely N-dealkylation sites (tertiary alicyclic amines) is 1. The Bertz CT molecular complexity index is 878. The van der Waals surface area contributed by atoms with Crippen LogP contribution in [-0.2, 0) is 6.54 Å². The Morgan fingerprint density at radius 3 is 2.88 bits per heavy atom. The van der Waals surface area contributed by atoms with Crippen molar-refractivity contribution in [2.45, 2.75) is 46.2 Å². The lowest BCUT2D eigenvalue weighted by Gasteiger charge is -2.22. The molecule has 130 valence electrons. The lowest BCUT2D eigenvalue weighted by molar-refractivity contribution is 0.240. The van der Waals surface area contributed by atoms with Crippen molar-refractivity contribution in [1.29, 1.82) is 0 Å². The summed E-state index contributed by atoms with van der Waals surface area (Å²) in [6.45, 7) is 8.15. The summed E-state index contributed by atoms with van der Waals surface area (Å²) in [4.78, 5) is 7.01. The van der Waals surface area contributed by atoms with Gasteiger partial charge in [-0.25, -0.2) is 4.98 Å². The molecule has 0 spiro atoms. The van der Waals surface area contributed by atoms with E-state index in [1.54, 1.807) is 0 Å². The molecule has 0 unspecified atom stereocenters. The molecule has 6 heteroatoms. The largest absolute Gasteiger partial charge is 0.289 e. The van der Waals surface area contributed by atoms with E-state index in [-0.39, 0.29) is 6.04 Å². The van der Waals surface area contributed by atoms with Gasteiger partial charge in [0.15, 0.2) is 5.82 Å². The maximum atomic E-state index is 4.55. The number of aryl methyl sites for hydroxylation is 3. The fourth-order valence-electron chi connectivity index (χ4n) is 3.70. The molecular weight excluding hydrogens is 312 g/mol. The predicted molar refractivity (Wildman–Crippen MR) is 97.0 cm³/mol. The van der Waals surface area contributed by atoms with Gasteiger partial charge in [0.25, 0.3) is 0 Å². The Kier molecular flexibility index (Phi) is 4.13. The Morgan fingerprint density at radius 1 is 1.20 bits per heavy atom. The average molecular weight is 336 g/mol. The molecule has 25 heavy (non-hydrogen) atoms. The number of H-pyrrole nitrogens is 2. The smallest absolute Gasteiger partial charge is 0.167 e. The summed E-state index contributed by atoms with van der Waals surface area (Å²) < 4.78 is 0. The first-order valence-corrected chi connectivity index (χ1v) is 8.84. The number of benzene rings is 1. The van der Waals surface area contributed by atoms with E-state index in [0.717, 1.165) is 36.9 Å². The second-order valence-electron chi connectivity index (χ2n) is 7.00. The quantitative estimate of drug-likeness (QED) is 0.765. The van der Waals surface area contributed by atoms with E-state index in [1.807, 2.05) is 13.1 Å². The second kappa shape index (κ2) is 6.44. The molecular formula is C19H24N6. The number of rotatable bonds is 4. The molecule has 1 saturated heterocycles. The van der Waals surface area contributed by atoms with Gasteiger partial charge in [-0.1, -0.05) is 17.7 Å². The first-order valence-electron chi connectivity index (χ1n) is 8.84. The van der Waals surface area contributed by atoms with Crippen LogP contribution in [0, 0.1) is 20.8 Å². The molecule has 3 heterocycles. The second-order valence-corrected chi connectivity index (χ2v) is 7.00. The Hall–Kier alpha value is -2.47. The molecule has 2 N–H and O–H groups in total. The van der Waals surface area contributed by atoms with Crippen LogP contribution in [0.1, 0.15) is 47.2 Å². The van der Waals surface area contributed by atoms with E-state index >= 15 is 0 Å². The zero-order chi connectivity index (χ0) is 17.4. The highest BCUT2D eigenvalue weighted by molar-refractivity contribution is 5.67. The van der Waals surface area contributed by atoms with Gasteiger partial charge in [-0.05, 0) is 51.8 Å². The minimum atomic E-state index is 0.284. The lowest BCUT2D eigenvalue weighted by atomic mass is 10.00. The molecule has 0 amide bonds. The van der Waals surface area contributed by atoms with Gasteiger partial charge < -0.3 is 0 Å². The van der Waals surface area contributed by atoms with Crippen molar-refractivity contribution >= 4 is 0 Å². The van der Waals surface area contributed by atoms with Crippen molar-refractivity contribution in [2.24, 2.45) is 0 Å². The standard InChI is InChI=1S/C19H24N6/c1-12-6-7-13(2)16(9-12)18-15(10-20-23-18)11-25-8-4-5-17(25)19-21-14(3)22-24-19/h6-7,9-10,17H,4-5,8,11H2,1-3H3,(H,20,23)(H,21,22,24)/t17-/m1/s1. The van der Waals surface area contributed by atoms with Crippen LogP contribution >= 0.6 is 0 Å². The van der Waals surface area contributed by atoms with E-state index in [4.69, 9.17) is 0 Å². The highest BCUT2D eigenvalue weighted by Crippen LogP contribution is 2.33. The summed E-state index contributed by atoms with van der Waals surface area (Å²) in [5.41, 5.74) is 6.11. The van der Waals surface area contributed by atoms with Crippen LogP contribution in [-0.4, -0.2) is 36.8 Å². The molecule has 2 aromatic heterocycles.